The van der Waals surface area contributed by atoms with Crippen molar-refractivity contribution in [1.29, 1.82) is 0 Å². The average molecular weight is 266 g/mol. The Kier molecular flexibility index (Phi) is 6.08. The molecule has 1 aromatic heterocycles. The predicted molar refractivity (Wildman–Crippen MR) is 81.5 cm³/mol. The van der Waals surface area contributed by atoms with Gasteiger partial charge in [-0.2, -0.15) is 0 Å². The Bertz CT molecular complexity index is 382. The highest BCUT2D eigenvalue weighted by Crippen LogP contribution is 2.21. The summed E-state index contributed by atoms with van der Waals surface area (Å²) in [6, 6.07) is 3.06. The number of nitrogens with one attached hydrogen (secondary N) is 1. The average Bonchev–Trinajstić information content (AvgIpc) is 2.62. The van der Waals surface area contributed by atoms with Crippen LogP contribution in [0.2, 0.25) is 0 Å². The lowest BCUT2D eigenvalue weighted by Crippen LogP contribution is -2.39. The van der Waals surface area contributed by atoms with Gasteiger partial charge in [-0.1, -0.05) is 13.8 Å². The van der Waals surface area contributed by atoms with E-state index in [9.17, 15) is 0 Å². The molecule has 19 heavy (non-hydrogen) atoms. The second-order valence-corrected chi connectivity index (χ2v) is 6.25. The Balaban J connectivity index is 2.56. The Morgan fingerprint density at radius 1 is 1.21 bits per heavy atom. The van der Waals surface area contributed by atoms with Gasteiger partial charge in [-0.3, -0.25) is 0 Å². The van der Waals surface area contributed by atoms with E-state index in [-0.39, 0.29) is 0 Å². The van der Waals surface area contributed by atoms with Crippen molar-refractivity contribution in [2.45, 2.75) is 53.1 Å². The molecule has 1 N–H and O–H groups in total. The van der Waals surface area contributed by atoms with Crippen molar-refractivity contribution in [2.75, 3.05) is 20.6 Å². The van der Waals surface area contributed by atoms with E-state index >= 15 is 0 Å². The number of hydrogen-bond acceptors (Lipinski definition) is 3. The molecule has 0 saturated carbocycles. The highest BCUT2D eigenvalue weighted by molar-refractivity contribution is 5.23. The summed E-state index contributed by atoms with van der Waals surface area (Å²) in [6.07, 6.45) is 1.22. The zero-order valence-corrected chi connectivity index (χ0v) is 13.6. The summed E-state index contributed by atoms with van der Waals surface area (Å²) in [5.74, 6) is 2.75. The largest absolute Gasteiger partial charge is 0.466 e. The van der Waals surface area contributed by atoms with Gasteiger partial charge in [0.1, 0.15) is 11.5 Å². The molecule has 0 saturated heterocycles. The maximum absolute atomic E-state index is 5.60. The minimum Gasteiger partial charge on any atom is -0.466 e. The van der Waals surface area contributed by atoms with Crippen molar-refractivity contribution >= 4 is 0 Å². The first-order valence-electron chi connectivity index (χ1n) is 7.28. The molecule has 3 nitrogen and oxygen atoms in total. The Labute approximate surface area is 118 Å². The minimum atomic E-state index is 0.340. The quantitative estimate of drug-likeness (QED) is 0.818. The predicted octanol–water partition coefficient (Wildman–Crippen LogP) is 3.52. The smallest absolute Gasteiger partial charge is 0.105 e. The summed E-state index contributed by atoms with van der Waals surface area (Å²) in [5.41, 5.74) is 1.28. The van der Waals surface area contributed by atoms with Gasteiger partial charge in [0.2, 0.25) is 0 Å². The van der Waals surface area contributed by atoms with Gasteiger partial charge in [-0.15, -0.1) is 0 Å². The maximum atomic E-state index is 5.60. The molecule has 0 spiro atoms. The van der Waals surface area contributed by atoms with Crippen molar-refractivity contribution in [3.05, 3.63) is 23.2 Å². The van der Waals surface area contributed by atoms with Gasteiger partial charge >= 0.3 is 0 Å². The first-order valence-corrected chi connectivity index (χ1v) is 7.28. The summed E-state index contributed by atoms with van der Waals surface area (Å²) in [5, 5.41) is 3.64. The second kappa shape index (κ2) is 7.11. The molecule has 0 radical (unpaired) electrons. The van der Waals surface area contributed by atoms with E-state index in [1.54, 1.807) is 0 Å². The molecule has 0 bridgehead atoms. The summed E-state index contributed by atoms with van der Waals surface area (Å²) >= 11 is 0. The molecule has 0 aliphatic rings. The fourth-order valence-corrected chi connectivity index (χ4v) is 2.52. The van der Waals surface area contributed by atoms with Gasteiger partial charge in [0.05, 0.1) is 0 Å². The fourth-order valence-electron chi connectivity index (χ4n) is 2.52. The summed E-state index contributed by atoms with van der Waals surface area (Å²) in [6.45, 7) is 11.8. The monoisotopic (exact) mass is 266 g/mol. The second-order valence-electron chi connectivity index (χ2n) is 6.25. The summed E-state index contributed by atoms with van der Waals surface area (Å²) in [7, 11) is 4.32. The highest BCUT2D eigenvalue weighted by atomic mass is 16.3. The lowest BCUT2D eigenvalue weighted by atomic mass is 10.0. The van der Waals surface area contributed by atoms with Crippen LogP contribution in [-0.2, 0) is 0 Å². The fraction of sp³-hybridized carbons (Fsp3) is 0.750. The molecule has 110 valence electrons. The number of rotatable bonds is 7. The van der Waals surface area contributed by atoms with E-state index in [4.69, 9.17) is 4.42 Å². The SMILES string of the molecule is Cc1cc(C(C)NCC(CC(C)C)N(C)C)c(C)o1. The molecule has 3 heteroatoms. The van der Waals surface area contributed by atoms with Crippen LogP contribution in [0.1, 0.15) is 50.3 Å². The van der Waals surface area contributed by atoms with E-state index in [1.807, 2.05) is 13.8 Å². The van der Waals surface area contributed by atoms with Crippen LogP contribution in [-0.4, -0.2) is 31.6 Å². The van der Waals surface area contributed by atoms with Gasteiger partial charge in [0.25, 0.3) is 0 Å². The molecule has 0 aliphatic carbocycles. The number of aryl methyl sites for hydroxylation is 2. The zero-order valence-electron chi connectivity index (χ0n) is 13.6. The molecule has 2 atom stereocenters. The molecule has 0 aromatic carbocycles. The van der Waals surface area contributed by atoms with Gasteiger partial charge < -0.3 is 14.6 Å². The van der Waals surface area contributed by atoms with Crippen molar-refractivity contribution in [3.63, 3.8) is 0 Å². The van der Waals surface area contributed by atoms with Gasteiger partial charge in [0, 0.05) is 24.2 Å². The van der Waals surface area contributed by atoms with Crippen molar-refractivity contribution in [3.8, 4) is 0 Å². The third kappa shape index (κ3) is 5.00. The molecule has 2 unspecified atom stereocenters. The van der Waals surface area contributed by atoms with Crippen LogP contribution in [0.15, 0.2) is 10.5 Å². The summed E-state index contributed by atoms with van der Waals surface area (Å²) in [4.78, 5) is 2.31. The van der Waals surface area contributed by atoms with E-state index < -0.39 is 0 Å². The third-order valence-electron chi connectivity index (χ3n) is 3.68. The van der Waals surface area contributed by atoms with Crippen LogP contribution in [0.3, 0.4) is 0 Å². The van der Waals surface area contributed by atoms with Crippen molar-refractivity contribution in [2.24, 2.45) is 5.92 Å². The molecule has 0 fully saturated rings. The van der Waals surface area contributed by atoms with Crippen LogP contribution >= 0.6 is 0 Å². The molecular formula is C16H30N2O. The lowest BCUT2D eigenvalue weighted by molar-refractivity contribution is 0.241. The van der Waals surface area contributed by atoms with Crippen LogP contribution in [0.4, 0.5) is 0 Å². The first kappa shape index (κ1) is 16.3. The molecule has 0 aliphatic heterocycles. The number of hydrogen-bond donors (Lipinski definition) is 1. The number of nitrogens with zero attached hydrogens (tertiary/aromatic N) is 1. The molecule has 0 amide bonds. The molecule has 1 rings (SSSR count). The standard InChI is InChI=1S/C16H30N2O/c1-11(2)8-15(18(6)7)10-17-13(4)16-9-12(3)19-14(16)5/h9,11,13,15,17H,8,10H2,1-7H3. The molecule has 1 heterocycles. The van der Waals surface area contributed by atoms with E-state index in [2.05, 4.69) is 51.1 Å². The number of likely N-dealkylation sites (N-methyl/N-ethyl adjacent to an activating group) is 1. The van der Waals surface area contributed by atoms with E-state index in [0.717, 1.165) is 24.0 Å². The molecular weight excluding hydrogens is 236 g/mol. The first-order chi connectivity index (χ1) is 8.81. The van der Waals surface area contributed by atoms with Gasteiger partial charge in [0.15, 0.2) is 0 Å². The van der Waals surface area contributed by atoms with Crippen molar-refractivity contribution < 1.29 is 4.42 Å². The third-order valence-corrected chi connectivity index (χ3v) is 3.68. The Hall–Kier alpha value is -0.800. The van der Waals surface area contributed by atoms with Crippen LogP contribution in [0.25, 0.3) is 0 Å². The topological polar surface area (TPSA) is 28.4 Å². The van der Waals surface area contributed by atoms with Crippen molar-refractivity contribution in [1.82, 2.24) is 10.2 Å². The van der Waals surface area contributed by atoms with Gasteiger partial charge in [-0.05, 0) is 53.3 Å². The normalized spacial score (nSPS) is 15.2. The molecule has 1 aromatic rings. The van der Waals surface area contributed by atoms with Gasteiger partial charge in [-0.25, -0.2) is 0 Å². The van der Waals surface area contributed by atoms with Crippen LogP contribution in [0.5, 0.6) is 0 Å². The Morgan fingerprint density at radius 2 is 1.84 bits per heavy atom. The minimum absolute atomic E-state index is 0.340. The highest BCUT2D eigenvalue weighted by Gasteiger charge is 2.17. The number of furan rings is 1. The maximum Gasteiger partial charge on any atom is 0.105 e. The van der Waals surface area contributed by atoms with E-state index in [1.165, 1.54) is 12.0 Å². The lowest BCUT2D eigenvalue weighted by Gasteiger charge is -2.27. The van der Waals surface area contributed by atoms with Crippen LogP contribution < -0.4 is 5.32 Å². The Morgan fingerprint density at radius 3 is 2.26 bits per heavy atom. The van der Waals surface area contributed by atoms with E-state index in [0.29, 0.717) is 12.1 Å². The zero-order chi connectivity index (χ0) is 14.6. The van der Waals surface area contributed by atoms with Crippen LogP contribution in [0, 0.1) is 19.8 Å². The summed E-state index contributed by atoms with van der Waals surface area (Å²) < 4.78 is 5.60.